The second-order valence-corrected chi connectivity index (χ2v) is 8.45. The maximum absolute atomic E-state index is 13.2. The Labute approximate surface area is 151 Å². The number of carbonyl (C=O) groups is 1. The average molecular weight is 346 g/mol. The molecule has 2 atom stereocenters. The Morgan fingerprint density at radius 3 is 2.68 bits per heavy atom. The SMILES string of the molecule is CCc1cc(CC2CCCC2N2CCC(C)(CF)CC2)ccc1C=O. The zero-order valence-electron chi connectivity index (χ0n) is 15.8. The molecule has 1 aromatic rings. The van der Waals surface area contributed by atoms with Gasteiger partial charge in [-0.1, -0.05) is 38.5 Å². The normalized spacial score (nSPS) is 26.7. The van der Waals surface area contributed by atoms with Gasteiger partial charge in [0.2, 0.25) is 0 Å². The number of likely N-dealkylation sites (tertiary alicyclic amines) is 1. The zero-order chi connectivity index (χ0) is 17.9. The topological polar surface area (TPSA) is 20.3 Å². The van der Waals surface area contributed by atoms with Crippen molar-refractivity contribution in [3.63, 3.8) is 0 Å². The monoisotopic (exact) mass is 345 g/mol. The van der Waals surface area contributed by atoms with Crippen LogP contribution in [-0.2, 0) is 12.8 Å². The first kappa shape index (κ1) is 18.6. The molecule has 3 heteroatoms. The molecule has 0 radical (unpaired) electrons. The number of piperidine rings is 1. The molecule has 1 saturated heterocycles. The predicted octanol–water partition coefficient (Wildman–Crippen LogP) is 4.84. The van der Waals surface area contributed by atoms with Gasteiger partial charge in [-0.2, -0.15) is 0 Å². The molecule has 0 N–H and O–H groups in total. The Morgan fingerprint density at radius 1 is 1.28 bits per heavy atom. The van der Waals surface area contributed by atoms with Crippen LogP contribution in [0.25, 0.3) is 0 Å². The van der Waals surface area contributed by atoms with Crippen molar-refractivity contribution < 1.29 is 9.18 Å². The van der Waals surface area contributed by atoms with E-state index in [9.17, 15) is 9.18 Å². The molecule has 2 aliphatic rings. The summed E-state index contributed by atoms with van der Waals surface area (Å²) >= 11 is 0. The smallest absolute Gasteiger partial charge is 0.150 e. The first-order valence-electron chi connectivity index (χ1n) is 9.95. The third kappa shape index (κ3) is 4.13. The molecule has 2 unspecified atom stereocenters. The predicted molar refractivity (Wildman–Crippen MR) is 101 cm³/mol. The number of alkyl halides is 1. The van der Waals surface area contributed by atoms with Gasteiger partial charge >= 0.3 is 0 Å². The fourth-order valence-corrected chi connectivity index (χ4v) is 4.78. The quantitative estimate of drug-likeness (QED) is 0.687. The van der Waals surface area contributed by atoms with E-state index in [1.807, 2.05) is 6.07 Å². The van der Waals surface area contributed by atoms with Crippen LogP contribution in [0.4, 0.5) is 4.39 Å². The average Bonchev–Trinajstić information content (AvgIpc) is 3.10. The van der Waals surface area contributed by atoms with Crippen LogP contribution in [0, 0.1) is 11.3 Å². The van der Waals surface area contributed by atoms with Gasteiger partial charge in [0.25, 0.3) is 0 Å². The first-order chi connectivity index (χ1) is 12.1. The highest BCUT2D eigenvalue weighted by atomic mass is 19.1. The van der Waals surface area contributed by atoms with Gasteiger partial charge in [-0.3, -0.25) is 9.18 Å². The number of hydrogen-bond acceptors (Lipinski definition) is 2. The van der Waals surface area contributed by atoms with Gasteiger partial charge in [-0.05, 0) is 74.1 Å². The highest BCUT2D eigenvalue weighted by molar-refractivity contribution is 5.77. The molecule has 0 spiro atoms. The summed E-state index contributed by atoms with van der Waals surface area (Å²) in [6.45, 7) is 6.12. The van der Waals surface area contributed by atoms with E-state index in [1.54, 1.807) is 0 Å². The van der Waals surface area contributed by atoms with Gasteiger partial charge in [0, 0.05) is 11.6 Å². The molecule has 1 saturated carbocycles. The van der Waals surface area contributed by atoms with Crippen molar-refractivity contribution in [2.24, 2.45) is 11.3 Å². The van der Waals surface area contributed by atoms with Gasteiger partial charge < -0.3 is 4.90 Å². The summed E-state index contributed by atoms with van der Waals surface area (Å²) in [5, 5.41) is 0. The van der Waals surface area contributed by atoms with Gasteiger partial charge in [-0.25, -0.2) is 0 Å². The second-order valence-electron chi connectivity index (χ2n) is 8.45. The molecule has 0 bridgehead atoms. The van der Waals surface area contributed by atoms with Crippen LogP contribution in [0.15, 0.2) is 18.2 Å². The van der Waals surface area contributed by atoms with Crippen LogP contribution < -0.4 is 0 Å². The Hall–Kier alpha value is -1.22. The Bertz CT molecular complexity index is 592. The molecule has 1 aliphatic carbocycles. The highest BCUT2D eigenvalue weighted by Gasteiger charge is 2.37. The van der Waals surface area contributed by atoms with E-state index < -0.39 is 0 Å². The van der Waals surface area contributed by atoms with Crippen LogP contribution in [-0.4, -0.2) is 37.0 Å². The van der Waals surface area contributed by atoms with E-state index in [4.69, 9.17) is 0 Å². The lowest BCUT2D eigenvalue weighted by atomic mass is 9.80. The summed E-state index contributed by atoms with van der Waals surface area (Å²) in [5.41, 5.74) is 3.27. The van der Waals surface area contributed by atoms with E-state index in [-0.39, 0.29) is 12.1 Å². The summed E-state index contributed by atoms with van der Waals surface area (Å²) in [4.78, 5) is 13.8. The molecule has 3 rings (SSSR count). The van der Waals surface area contributed by atoms with Crippen molar-refractivity contribution in [1.82, 2.24) is 4.90 Å². The summed E-state index contributed by atoms with van der Waals surface area (Å²) in [5.74, 6) is 0.696. The fourth-order valence-electron chi connectivity index (χ4n) is 4.78. The highest BCUT2D eigenvalue weighted by Crippen LogP contribution is 2.38. The lowest BCUT2D eigenvalue weighted by molar-refractivity contribution is 0.0532. The standard InChI is InChI=1S/C22H32FNO/c1-3-18-13-17(7-8-20(18)15-25)14-19-5-4-6-21(19)24-11-9-22(2,16-23)10-12-24/h7-8,13,15,19,21H,3-6,9-12,14,16H2,1-2H3. The molecule has 138 valence electrons. The summed E-state index contributed by atoms with van der Waals surface area (Å²) in [6.07, 6.45) is 8.83. The first-order valence-corrected chi connectivity index (χ1v) is 9.95. The third-order valence-corrected chi connectivity index (χ3v) is 6.63. The molecule has 25 heavy (non-hydrogen) atoms. The van der Waals surface area contributed by atoms with Gasteiger partial charge in [0.1, 0.15) is 6.29 Å². The second kappa shape index (κ2) is 7.99. The van der Waals surface area contributed by atoms with Gasteiger partial charge in [0.05, 0.1) is 6.67 Å². The van der Waals surface area contributed by atoms with Crippen LogP contribution in [0.3, 0.4) is 0 Å². The lowest BCUT2D eigenvalue weighted by Gasteiger charge is -2.42. The van der Waals surface area contributed by atoms with Crippen LogP contribution in [0.2, 0.25) is 0 Å². The number of aryl methyl sites for hydroxylation is 1. The minimum Gasteiger partial charge on any atom is -0.300 e. The molecule has 2 nitrogen and oxygen atoms in total. The van der Waals surface area contributed by atoms with Crippen molar-refractivity contribution >= 4 is 6.29 Å². The van der Waals surface area contributed by atoms with E-state index in [2.05, 4.69) is 30.9 Å². The van der Waals surface area contributed by atoms with E-state index in [0.29, 0.717) is 12.0 Å². The number of benzene rings is 1. The zero-order valence-corrected chi connectivity index (χ0v) is 15.8. The fraction of sp³-hybridized carbons (Fsp3) is 0.682. The maximum Gasteiger partial charge on any atom is 0.150 e. The minimum absolute atomic E-state index is 0.0920. The molecular weight excluding hydrogens is 313 g/mol. The van der Waals surface area contributed by atoms with Crippen LogP contribution in [0.5, 0.6) is 0 Å². The summed E-state index contributed by atoms with van der Waals surface area (Å²) < 4.78 is 13.2. The van der Waals surface area contributed by atoms with Crippen molar-refractivity contribution in [1.29, 1.82) is 0 Å². The van der Waals surface area contributed by atoms with Crippen molar-refractivity contribution in [3.8, 4) is 0 Å². The third-order valence-electron chi connectivity index (χ3n) is 6.63. The molecule has 2 fully saturated rings. The maximum atomic E-state index is 13.2. The number of hydrogen-bond donors (Lipinski definition) is 0. The van der Waals surface area contributed by atoms with Crippen molar-refractivity contribution in [3.05, 3.63) is 34.9 Å². The molecule has 1 aromatic carbocycles. The summed E-state index contributed by atoms with van der Waals surface area (Å²) in [6, 6.07) is 7.00. The molecule has 1 heterocycles. The largest absolute Gasteiger partial charge is 0.300 e. The number of nitrogens with zero attached hydrogens (tertiary/aromatic N) is 1. The van der Waals surface area contributed by atoms with E-state index in [1.165, 1.54) is 30.4 Å². The molecular formula is C22H32FNO. The number of halogens is 1. The van der Waals surface area contributed by atoms with Gasteiger partial charge in [-0.15, -0.1) is 0 Å². The summed E-state index contributed by atoms with van der Waals surface area (Å²) in [7, 11) is 0. The van der Waals surface area contributed by atoms with Crippen molar-refractivity contribution in [2.45, 2.75) is 64.8 Å². The van der Waals surface area contributed by atoms with Crippen LogP contribution in [0.1, 0.15) is 67.4 Å². The van der Waals surface area contributed by atoms with Gasteiger partial charge in [0.15, 0.2) is 0 Å². The van der Waals surface area contributed by atoms with E-state index >= 15 is 0 Å². The molecule has 0 aromatic heterocycles. The number of carbonyl (C=O) groups excluding carboxylic acids is 1. The lowest BCUT2D eigenvalue weighted by Crippen LogP contribution is -2.46. The number of rotatable bonds is 6. The molecule has 0 amide bonds. The molecule has 1 aliphatic heterocycles. The Morgan fingerprint density at radius 2 is 2.04 bits per heavy atom. The minimum atomic E-state index is -0.183. The Kier molecular flexibility index (Phi) is 5.93. The Balaban J connectivity index is 1.65. The number of aldehydes is 1. The van der Waals surface area contributed by atoms with Crippen molar-refractivity contribution in [2.75, 3.05) is 19.8 Å². The van der Waals surface area contributed by atoms with Crippen LogP contribution >= 0.6 is 0 Å². The van der Waals surface area contributed by atoms with E-state index in [0.717, 1.165) is 50.6 Å².